The second-order valence-electron chi connectivity index (χ2n) is 5.63. The molecule has 0 aliphatic heterocycles. The van der Waals surface area contributed by atoms with Crippen LogP contribution in [0.2, 0.25) is 0 Å². The third-order valence-corrected chi connectivity index (χ3v) is 4.07. The van der Waals surface area contributed by atoms with E-state index in [1.807, 2.05) is 6.92 Å². The highest BCUT2D eigenvalue weighted by Gasteiger charge is 2.18. The van der Waals surface area contributed by atoms with E-state index in [1.165, 1.54) is 0 Å². The monoisotopic (exact) mass is 333 g/mol. The van der Waals surface area contributed by atoms with Gasteiger partial charge in [-0.15, -0.1) is 0 Å². The van der Waals surface area contributed by atoms with Crippen LogP contribution in [0.4, 0.5) is 0 Å². The van der Waals surface area contributed by atoms with Crippen molar-refractivity contribution in [3.8, 4) is 0 Å². The summed E-state index contributed by atoms with van der Waals surface area (Å²) >= 11 is 0. The molecule has 0 rings (SSSR count). The van der Waals surface area contributed by atoms with Gasteiger partial charge in [0.05, 0.1) is 0 Å². The molecule has 2 N–H and O–H groups in total. The summed E-state index contributed by atoms with van der Waals surface area (Å²) in [5.41, 5.74) is 10.3. The van der Waals surface area contributed by atoms with Gasteiger partial charge < -0.3 is 5.73 Å². The van der Waals surface area contributed by atoms with Crippen molar-refractivity contribution in [2.24, 2.45) is 5.73 Å². The highest BCUT2D eigenvalue weighted by molar-refractivity contribution is 5.97. The highest BCUT2D eigenvalue weighted by atomic mass is 16.1. The smallest absolute Gasteiger partial charge is 0.248 e. The predicted molar refractivity (Wildman–Crippen MR) is 111 cm³/mol. The van der Waals surface area contributed by atoms with Crippen LogP contribution >= 0.6 is 0 Å². The zero-order valence-electron chi connectivity index (χ0n) is 15.3. The summed E-state index contributed by atoms with van der Waals surface area (Å²) in [6.07, 6.45) is 0.761. The summed E-state index contributed by atoms with van der Waals surface area (Å²) in [4.78, 5) is 11.2. The molecule has 0 fully saturated rings. The lowest BCUT2D eigenvalue weighted by Crippen LogP contribution is -2.15. The van der Waals surface area contributed by atoms with Crippen LogP contribution in [0.5, 0.6) is 0 Å². The van der Waals surface area contributed by atoms with Crippen LogP contribution in [0.1, 0.15) is 13.3 Å². The molecule has 130 valence electrons. The van der Waals surface area contributed by atoms with Crippen LogP contribution < -0.4 is 5.73 Å². The van der Waals surface area contributed by atoms with Gasteiger partial charge in [0.25, 0.3) is 0 Å². The number of carbonyl (C=O) groups excluding carboxylic acids is 1. The van der Waals surface area contributed by atoms with Crippen molar-refractivity contribution in [1.29, 1.82) is 0 Å². The minimum absolute atomic E-state index is 0.0698. The van der Waals surface area contributed by atoms with Crippen molar-refractivity contribution in [3.63, 3.8) is 0 Å². The first-order chi connectivity index (χ1) is 11.4. The van der Waals surface area contributed by atoms with Crippen molar-refractivity contribution in [1.82, 2.24) is 0 Å². The molecule has 1 amide bonds. The van der Waals surface area contributed by atoms with E-state index in [0.717, 1.165) is 17.6 Å². The highest BCUT2D eigenvalue weighted by Crippen LogP contribution is 2.34. The van der Waals surface area contributed by atoms with E-state index in [1.54, 1.807) is 0 Å². The van der Waals surface area contributed by atoms with Gasteiger partial charge in [0.15, 0.2) is 0 Å². The van der Waals surface area contributed by atoms with Crippen LogP contribution in [-0.4, -0.2) is 5.91 Å². The molecule has 2 nitrogen and oxygen atoms in total. The number of allylic oxidation sites excluding steroid dienone is 8. The Balaban J connectivity index is 5.35. The van der Waals surface area contributed by atoms with Crippen molar-refractivity contribution < 1.29 is 4.79 Å². The average molecular weight is 333 g/mol. The molecule has 2 heteroatoms. The molecular weight excluding hydrogens is 306 g/mol. The molecule has 0 atom stereocenters. The maximum absolute atomic E-state index is 11.2. The Labute approximate surface area is 151 Å². The molecule has 0 heterocycles. The predicted octanol–water partition coefficient (Wildman–Crippen LogP) is 5.44. The van der Waals surface area contributed by atoms with Gasteiger partial charge >= 0.3 is 0 Å². The third kappa shape index (κ3) is 4.92. The van der Waals surface area contributed by atoms with Crippen molar-refractivity contribution in [2.75, 3.05) is 0 Å². The second-order valence-corrected chi connectivity index (χ2v) is 5.63. The molecule has 0 spiro atoms. The third-order valence-electron chi connectivity index (χ3n) is 4.07. The molecule has 0 saturated carbocycles. The number of hydrogen-bond donors (Lipinski definition) is 1. The summed E-state index contributed by atoms with van der Waals surface area (Å²) in [6, 6.07) is 0. The van der Waals surface area contributed by atoms with Gasteiger partial charge in [-0.3, -0.25) is 4.79 Å². The molecule has 0 aromatic heterocycles. The molecule has 0 aliphatic rings. The molecule has 0 radical (unpaired) electrons. The van der Waals surface area contributed by atoms with Crippen LogP contribution in [-0.2, 0) is 4.79 Å². The van der Waals surface area contributed by atoms with Gasteiger partial charge in [0.1, 0.15) is 0 Å². The number of primary amides is 1. The number of carbonyl (C=O) groups is 1. The van der Waals surface area contributed by atoms with E-state index >= 15 is 0 Å². The van der Waals surface area contributed by atoms with E-state index < -0.39 is 5.91 Å². The summed E-state index contributed by atoms with van der Waals surface area (Å²) in [5, 5.41) is 0. The Hall–Kier alpha value is -3.13. The number of amides is 1. The van der Waals surface area contributed by atoms with Gasteiger partial charge in [-0.05, 0) is 56.6 Å². The van der Waals surface area contributed by atoms with Crippen molar-refractivity contribution >= 4 is 5.91 Å². The lowest BCUT2D eigenvalue weighted by atomic mass is 9.84. The molecule has 0 saturated heterocycles. The molecule has 0 unspecified atom stereocenters. The van der Waals surface area contributed by atoms with Gasteiger partial charge in [-0.25, -0.2) is 0 Å². The van der Waals surface area contributed by atoms with E-state index in [9.17, 15) is 4.79 Å². The fourth-order valence-corrected chi connectivity index (χ4v) is 1.85. The standard InChI is InChI=1S/C23H27NO/c1-12-13(2)14(3)15(4)16(5)17(6)18(7)19(8)20(9)21(10)22(11)23(24)25/h2-12H2,1H3,(H2,24,25). The zero-order valence-corrected chi connectivity index (χ0v) is 15.3. The van der Waals surface area contributed by atoms with Gasteiger partial charge in [-0.2, -0.15) is 0 Å². The quantitative estimate of drug-likeness (QED) is 0.397. The summed E-state index contributed by atoms with van der Waals surface area (Å²) < 4.78 is 0. The number of nitrogens with two attached hydrogens (primary N) is 1. The first-order valence-corrected chi connectivity index (χ1v) is 7.59. The van der Waals surface area contributed by atoms with E-state index in [-0.39, 0.29) is 5.57 Å². The van der Waals surface area contributed by atoms with Crippen LogP contribution in [0, 0.1) is 0 Å². The Morgan fingerprint density at radius 2 is 0.800 bits per heavy atom. The summed E-state index contributed by atoms with van der Waals surface area (Å²) in [6.45, 7) is 41.2. The Kier molecular flexibility index (Phi) is 7.56. The maximum Gasteiger partial charge on any atom is 0.248 e. The summed E-state index contributed by atoms with van der Waals surface area (Å²) in [5.74, 6) is -0.671. The van der Waals surface area contributed by atoms with Gasteiger partial charge in [0, 0.05) is 5.57 Å². The number of rotatable bonds is 11. The topological polar surface area (TPSA) is 43.1 Å². The molecule has 0 aromatic carbocycles. The lowest BCUT2D eigenvalue weighted by molar-refractivity contribution is -0.114. The molecule has 0 aliphatic carbocycles. The molecular formula is C23H27NO. The first kappa shape index (κ1) is 21.9. The SMILES string of the molecule is C=C(CC)C(=C)C(=C)C(=C)C(=C)C(=C)C(=C)C(=C)C(=C)C(=C)C(N)=O. The maximum atomic E-state index is 11.2. The van der Waals surface area contributed by atoms with Crippen molar-refractivity contribution in [2.45, 2.75) is 13.3 Å². The Morgan fingerprint density at radius 1 is 0.560 bits per heavy atom. The van der Waals surface area contributed by atoms with Gasteiger partial charge in [0.2, 0.25) is 5.91 Å². The number of hydrogen-bond acceptors (Lipinski definition) is 1. The minimum atomic E-state index is -0.671. The minimum Gasteiger partial charge on any atom is -0.366 e. The van der Waals surface area contributed by atoms with Crippen LogP contribution in [0.25, 0.3) is 0 Å². The zero-order chi connectivity index (χ0) is 20.1. The normalized spacial score (nSPS) is 9.48. The van der Waals surface area contributed by atoms with Crippen molar-refractivity contribution in [3.05, 3.63) is 122 Å². The molecule has 0 aromatic rings. The van der Waals surface area contributed by atoms with Crippen LogP contribution in [0.3, 0.4) is 0 Å². The fourth-order valence-electron chi connectivity index (χ4n) is 1.85. The van der Waals surface area contributed by atoms with E-state index in [0.29, 0.717) is 39.0 Å². The largest absolute Gasteiger partial charge is 0.366 e. The van der Waals surface area contributed by atoms with Crippen LogP contribution in [0.15, 0.2) is 122 Å². The average Bonchev–Trinajstić information content (AvgIpc) is 2.61. The van der Waals surface area contributed by atoms with Gasteiger partial charge in [-0.1, -0.05) is 72.7 Å². The summed E-state index contributed by atoms with van der Waals surface area (Å²) in [7, 11) is 0. The Morgan fingerprint density at radius 3 is 1.04 bits per heavy atom. The molecule has 0 bridgehead atoms. The first-order valence-electron chi connectivity index (χ1n) is 7.59. The second kappa shape index (κ2) is 8.65. The molecule has 25 heavy (non-hydrogen) atoms. The van der Waals surface area contributed by atoms with E-state index in [2.05, 4.69) is 65.8 Å². The van der Waals surface area contributed by atoms with E-state index in [4.69, 9.17) is 5.73 Å². The Bertz CT molecular complexity index is 781. The lowest BCUT2D eigenvalue weighted by Gasteiger charge is -2.20. The fraction of sp³-hybridized carbons (Fsp3) is 0.0870.